The van der Waals surface area contributed by atoms with Crippen LogP contribution in [0.1, 0.15) is 17.8 Å². The van der Waals surface area contributed by atoms with Gasteiger partial charge >= 0.3 is 6.18 Å². The second-order valence-corrected chi connectivity index (χ2v) is 10.1. The molecule has 3 aromatic rings. The number of aromatic nitrogens is 2. The average molecular weight is 544 g/mol. The smallest absolute Gasteiger partial charge is 0.351 e. The molecule has 1 fully saturated rings. The molecule has 1 aliphatic heterocycles. The molecule has 0 saturated carbocycles. The van der Waals surface area contributed by atoms with Gasteiger partial charge in [-0.15, -0.1) is 0 Å². The van der Waals surface area contributed by atoms with Gasteiger partial charge in [0.1, 0.15) is 23.8 Å². The highest BCUT2D eigenvalue weighted by molar-refractivity contribution is 7.89. The fraction of sp³-hybridized carbons (Fsp3) is 0.261. The molecule has 1 aromatic heterocycles. The van der Waals surface area contributed by atoms with Crippen LogP contribution >= 0.6 is 0 Å². The van der Waals surface area contributed by atoms with Gasteiger partial charge in [-0.25, -0.2) is 31.6 Å². The molecule has 0 unspecified atom stereocenters. The van der Waals surface area contributed by atoms with Crippen molar-refractivity contribution in [3.63, 3.8) is 0 Å². The molecular formula is C23H18F6N4O3S. The van der Waals surface area contributed by atoms with E-state index in [9.17, 15) is 39.6 Å². The van der Waals surface area contributed by atoms with Gasteiger partial charge < -0.3 is 5.32 Å². The lowest BCUT2D eigenvalue weighted by molar-refractivity contribution is -0.145. The normalized spacial score (nSPS) is 18.6. The highest BCUT2D eigenvalue weighted by Crippen LogP contribution is 2.29. The minimum Gasteiger partial charge on any atom is -0.351 e. The van der Waals surface area contributed by atoms with Crippen LogP contribution in [-0.4, -0.2) is 47.4 Å². The molecule has 14 heteroatoms. The molecule has 7 nitrogen and oxygen atoms in total. The largest absolute Gasteiger partial charge is 0.451 e. The fourth-order valence-corrected chi connectivity index (χ4v) is 5.44. The lowest BCUT2D eigenvalue weighted by Crippen LogP contribution is -2.45. The molecule has 37 heavy (non-hydrogen) atoms. The number of carbonyl (C=O) groups excluding carboxylic acids is 1. The molecule has 2 aromatic carbocycles. The number of hydrogen-bond acceptors (Lipinski definition) is 5. The van der Waals surface area contributed by atoms with Crippen LogP contribution in [0, 0.1) is 11.6 Å². The summed E-state index contributed by atoms with van der Waals surface area (Å²) in [7, 11) is -4.33. The zero-order valence-electron chi connectivity index (χ0n) is 18.7. The van der Waals surface area contributed by atoms with Crippen molar-refractivity contribution < 1.29 is 39.6 Å². The first-order chi connectivity index (χ1) is 17.4. The Morgan fingerprint density at radius 1 is 1.03 bits per heavy atom. The van der Waals surface area contributed by atoms with E-state index >= 15 is 0 Å². The van der Waals surface area contributed by atoms with Crippen LogP contribution in [0.15, 0.2) is 59.8 Å². The minimum absolute atomic E-state index is 0.0616. The lowest BCUT2D eigenvalue weighted by atomic mass is 10.0. The Bertz CT molecular complexity index is 1400. The van der Waals surface area contributed by atoms with Crippen molar-refractivity contribution in [2.24, 2.45) is 0 Å². The molecule has 4 rings (SSSR count). The summed E-state index contributed by atoms with van der Waals surface area (Å²) in [6.45, 7) is -1.01. The number of carbonyl (C=O) groups is 1. The van der Waals surface area contributed by atoms with Crippen LogP contribution in [0.2, 0.25) is 0 Å². The molecule has 0 aliphatic carbocycles. The van der Waals surface area contributed by atoms with E-state index in [0.717, 1.165) is 42.7 Å². The van der Waals surface area contributed by atoms with Gasteiger partial charge in [0.05, 0.1) is 4.90 Å². The molecule has 0 bridgehead atoms. The number of nitrogens with zero attached hydrogens (tertiary/aromatic N) is 3. The van der Waals surface area contributed by atoms with E-state index in [1.54, 1.807) is 0 Å². The molecule has 2 heterocycles. The Hall–Kier alpha value is -3.52. The standard InChI is InChI=1S/C23H18F6N4O3S/c24-16-2-4-18(5-3-16)37(35,36)33-12-17(25)8-20(33)21(34)30-9-14-7-13(1-6-19(14)26)15-10-31-22(32-11-15)23(27,28)29/h1-7,10-11,17,20H,8-9,12H2,(H,30,34)/t17-,20+/m1/s1. The van der Waals surface area contributed by atoms with E-state index in [0.29, 0.717) is 4.31 Å². The summed E-state index contributed by atoms with van der Waals surface area (Å²) in [5.74, 6) is -3.64. The van der Waals surface area contributed by atoms with Crippen LogP contribution in [0.4, 0.5) is 26.3 Å². The van der Waals surface area contributed by atoms with Crippen LogP contribution in [-0.2, 0) is 27.5 Å². The van der Waals surface area contributed by atoms with Crippen molar-refractivity contribution in [2.75, 3.05) is 6.54 Å². The fourth-order valence-electron chi connectivity index (χ4n) is 3.82. The van der Waals surface area contributed by atoms with Gasteiger partial charge in [-0.2, -0.15) is 17.5 Å². The molecule has 0 radical (unpaired) electrons. The number of nitrogens with one attached hydrogen (secondary N) is 1. The van der Waals surface area contributed by atoms with E-state index in [2.05, 4.69) is 15.3 Å². The topological polar surface area (TPSA) is 92.3 Å². The van der Waals surface area contributed by atoms with Gasteiger partial charge in [0.15, 0.2) is 0 Å². The zero-order valence-corrected chi connectivity index (χ0v) is 19.5. The monoisotopic (exact) mass is 544 g/mol. The number of sulfonamides is 1. The van der Waals surface area contributed by atoms with Gasteiger partial charge in [0.25, 0.3) is 0 Å². The van der Waals surface area contributed by atoms with Crippen LogP contribution in [0.5, 0.6) is 0 Å². The molecule has 2 atom stereocenters. The number of alkyl halides is 4. The van der Waals surface area contributed by atoms with Crippen LogP contribution < -0.4 is 5.32 Å². The van der Waals surface area contributed by atoms with Crippen LogP contribution in [0.3, 0.4) is 0 Å². The second kappa shape index (κ2) is 10.1. The molecule has 1 aliphatic rings. The maximum Gasteiger partial charge on any atom is 0.451 e. The van der Waals surface area contributed by atoms with Gasteiger partial charge in [0.2, 0.25) is 21.8 Å². The third-order valence-electron chi connectivity index (χ3n) is 5.67. The number of amides is 1. The maximum atomic E-state index is 14.4. The zero-order chi connectivity index (χ0) is 27.0. The van der Waals surface area contributed by atoms with E-state index < -0.39 is 71.3 Å². The van der Waals surface area contributed by atoms with Gasteiger partial charge in [-0.1, -0.05) is 6.07 Å². The molecule has 1 amide bonds. The lowest BCUT2D eigenvalue weighted by Gasteiger charge is -2.23. The van der Waals surface area contributed by atoms with Crippen molar-refractivity contribution in [3.05, 3.63) is 77.9 Å². The van der Waals surface area contributed by atoms with E-state index in [-0.39, 0.29) is 21.6 Å². The highest BCUT2D eigenvalue weighted by Gasteiger charge is 2.44. The van der Waals surface area contributed by atoms with Crippen molar-refractivity contribution in [1.82, 2.24) is 19.6 Å². The minimum atomic E-state index is -4.73. The van der Waals surface area contributed by atoms with Gasteiger partial charge in [-0.3, -0.25) is 4.79 Å². The first-order valence-electron chi connectivity index (χ1n) is 10.7. The summed E-state index contributed by atoms with van der Waals surface area (Å²) >= 11 is 0. The second-order valence-electron chi connectivity index (χ2n) is 8.19. The number of rotatable bonds is 6. The van der Waals surface area contributed by atoms with Gasteiger partial charge in [0, 0.05) is 43.0 Å². The van der Waals surface area contributed by atoms with Crippen LogP contribution in [0.25, 0.3) is 11.1 Å². The Morgan fingerprint density at radius 3 is 2.30 bits per heavy atom. The summed E-state index contributed by atoms with van der Waals surface area (Å²) in [5.41, 5.74) is 0.367. The molecule has 1 saturated heterocycles. The average Bonchev–Trinajstić information content (AvgIpc) is 3.26. The van der Waals surface area contributed by atoms with Crippen molar-refractivity contribution in [2.45, 2.75) is 36.3 Å². The highest BCUT2D eigenvalue weighted by atomic mass is 32.2. The predicted octanol–water partition coefficient (Wildman–Crippen LogP) is 3.86. The van der Waals surface area contributed by atoms with Gasteiger partial charge in [-0.05, 0) is 42.0 Å². The van der Waals surface area contributed by atoms with E-state index in [1.165, 1.54) is 12.1 Å². The number of benzene rings is 2. The first kappa shape index (κ1) is 26.5. The summed E-state index contributed by atoms with van der Waals surface area (Å²) in [6, 6.07) is 5.99. The third kappa shape index (κ3) is 5.74. The molecular weight excluding hydrogens is 526 g/mol. The molecule has 1 N–H and O–H groups in total. The van der Waals surface area contributed by atoms with E-state index in [1.807, 2.05) is 0 Å². The third-order valence-corrected chi connectivity index (χ3v) is 7.55. The molecule has 196 valence electrons. The number of hydrogen-bond donors (Lipinski definition) is 1. The predicted molar refractivity (Wildman–Crippen MR) is 118 cm³/mol. The Kier molecular flexibility index (Phi) is 7.24. The summed E-state index contributed by atoms with van der Waals surface area (Å²) in [5, 5.41) is 2.38. The summed E-state index contributed by atoms with van der Waals surface area (Å²) < 4.78 is 106. The SMILES string of the molecule is O=C(NCc1cc(-c2cnc(C(F)(F)F)nc2)ccc1F)[C@@H]1C[C@@H](F)CN1S(=O)(=O)c1ccc(F)cc1. The Balaban J connectivity index is 1.50. The number of halogens is 6. The van der Waals surface area contributed by atoms with E-state index in [4.69, 9.17) is 0 Å². The summed E-state index contributed by atoms with van der Waals surface area (Å²) in [6.07, 6.45) is -4.95. The summed E-state index contributed by atoms with van der Waals surface area (Å²) in [4.78, 5) is 19.0. The maximum absolute atomic E-state index is 14.4. The van der Waals surface area contributed by atoms with Crippen molar-refractivity contribution in [1.29, 1.82) is 0 Å². The first-order valence-corrected chi connectivity index (χ1v) is 12.2. The Morgan fingerprint density at radius 2 is 1.68 bits per heavy atom. The Labute approximate surface area is 207 Å². The quantitative estimate of drug-likeness (QED) is 0.476. The van der Waals surface area contributed by atoms with Crippen molar-refractivity contribution >= 4 is 15.9 Å². The van der Waals surface area contributed by atoms with Crippen molar-refractivity contribution in [3.8, 4) is 11.1 Å². The molecule has 0 spiro atoms.